The normalized spacial score (nSPS) is 10.1. The summed E-state index contributed by atoms with van der Waals surface area (Å²) in [7, 11) is 0. The fraction of sp³-hybridized carbons (Fsp3) is 0.0769. The van der Waals surface area contributed by atoms with Crippen LogP contribution in [0.15, 0.2) is 30.5 Å². The molecule has 0 saturated carbocycles. The molecule has 2 aromatic rings. The van der Waals surface area contributed by atoms with E-state index in [2.05, 4.69) is 4.98 Å². The van der Waals surface area contributed by atoms with Crippen LogP contribution in [0.25, 0.3) is 11.1 Å². The van der Waals surface area contributed by atoms with E-state index in [1.54, 1.807) is 18.2 Å². The Morgan fingerprint density at radius 1 is 1.28 bits per heavy atom. The Labute approximate surface area is 114 Å². The Balaban J connectivity index is 2.66. The SMILES string of the molecule is N#CCc1ccnc(F)c1-c1ccc(Cl)cc1Cl. The Bertz CT molecular complexity index is 635. The standard InChI is InChI=1S/C13H7Cl2FN2/c14-9-1-2-10(11(15)7-9)12-8(3-5-17)4-6-18-13(12)16/h1-2,4,6-7H,3H2. The second-order valence-corrected chi connectivity index (χ2v) is 4.44. The van der Waals surface area contributed by atoms with Crippen molar-refractivity contribution in [1.82, 2.24) is 4.98 Å². The maximum Gasteiger partial charge on any atom is 0.221 e. The number of benzene rings is 1. The summed E-state index contributed by atoms with van der Waals surface area (Å²) in [5.74, 6) is -0.646. The van der Waals surface area contributed by atoms with E-state index >= 15 is 0 Å². The van der Waals surface area contributed by atoms with E-state index in [0.717, 1.165) is 0 Å². The number of nitrogens with zero attached hydrogens (tertiary/aromatic N) is 2. The summed E-state index contributed by atoms with van der Waals surface area (Å²) in [5.41, 5.74) is 1.28. The average molecular weight is 281 g/mol. The third-order valence-electron chi connectivity index (χ3n) is 2.46. The molecule has 2 rings (SSSR count). The molecule has 0 bridgehead atoms. The molecular weight excluding hydrogens is 274 g/mol. The number of aromatic nitrogens is 1. The lowest BCUT2D eigenvalue weighted by atomic mass is 10.00. The van der Waals surface area contributed by atoms with E-state index < -0.39 is 5.95 Å². The first-order valence-electron chi connectivity index (χ1n) is 5.09. The van der Waals surface area contributed by atoms with E-state index in [9.17, 15) is 4.39 Å². The zero-order valence-electron chi connectivity index (χ0n) is 9.12. The van der Waals surface area contributed by atoms with Crippen molar-refractivity contribution >= 4 is 23.2 Å². The lowest BCUT2D eigenvalue weighted by Gasteiger charge is -2.09. The number of hydrogen-bond donors (Lipinski definition) is 0. The summed E-state index contributed by atoms with van der Waals surface area (Å²) in [6.45, 7) is 0. The smallest absolute Gasteiger partial charge is 0.221 e. The van der Waals surface area contributed by atoms with Crippen LogP contribution in [0.5, 0.6) is 0 Å². The summed E-state index contributed by atoms with van der Waals surface area (Å²) in [5, 5.41) is 9.54. The first-order chi connectivity index (χ1) is 8.63. The zero-order chi connectivity index (χ0) is 13.1. The molecule has 2 nitrogen and oxygen atoms in total. The van der Waals surface area contributed by atoms with Gasteiger partial charge >= 0.3 is 0 Å². The Kier molecular flexibility index (Phi) is 3.81. The van der Waals surface area contributed by atoms with Crippen LogP contribution >= 0.6 is 23.2 Å². The van der Waals surface area contributed by atoms with Gasteiger partial charge in [0.05, 0.1) is 17.5 Å². The number of halogens is 3. The zero-order valence-corrected chi connectivity index (χ0v) is 10.6. The summed E-state index contributed by atoms with van der Waals surface area (Å²) in [4.78, 5) is 3.59. The van der Waals surface area contributed by atoms with E-state index in [-0.39, 0.29) is 12.0 Å². The summed E-state index contributed by atoms with van der Waals surface area (Å²) in [6.07, 6.45) is 1.42. The van der Waals surface area contributed by atoms with Gasteiger partial charge in [-0.3, -0.25) is 0 Å². The van der Waals surface area contributed by atoms with Gasteiger partial charge in [-0.1, -0.05) is 29.3 Å². The second-order valence-electron chi connectivity index (χ2n) is 3.59. The molecule has 0 aliphatic carbocycles. The molecule has 1 aromatic carbocycles. The maximum absolute atomic E-state index is 13.8. The van der Waals surface area contributed by atoms with Crippen molar-refractivity contribution < 1.29 is 4.39 Å². The molecule has 0 N–H and O–H groups in total. The molecule has 90 valence electrons. The molecule has 1 aromatic heterocycles. The highest BCUT2D eigenvalue weighted by molar-refractivity contribution is 6.36. The highest BCUT2D eigenvalue weighted by Crippen LogP contribution is 2.33. The average Bonchev–Trinajstić information content (AvgIpc) is 2.31. The van der Waals surface area contributed by atoms with E-state index in [0.29, 0.717) is 21.2 Å². The Hall–Kier alpha value is -1.63. The highest BCUT2D eigenvalue weighted by Gasteiger charge is 2.14. The van der Waals surface area contributed by atoms with Crippen LogP contribution in [0.4, 0.5) is 4.39 Å². The summed E-state index contributed by atoms with van der Waals surface area (Å²) < 4.78 is 13.8. The van der Waals surface area contributed by atoms with Gasteiger partial charge < -0.3 is 0 Å². The molecule has 0 radical (unpaired) electrons. The summed E-state index contributed by atoms with van der Waals surface area (Å²) in [6, 6.07) is 8.35. The molecule has 0 unspecified atom stereocenters. The monoisotopic (exact) mass is 280 g/mol. The molecule has 0 aliphatic rings. The van der Waals surface area contributed by atoms with Gasteiger partial charge in [-0.15, -0.1) is 0 Å². The van der Waals surface area contributed by atoms with Gasteiger partial charge in [0.15, 0.2) is 0 Å². The number of nitriles is 1. The van der Waals surface area contributed by atoms with Gasteiger partial charge in [-0.05, 0) is 23.8 Å². The van der Waals surface area contributed by atoms with Crippen molar-refractivity contribution in [3.8, 4) is 17.2 Å². The van der Waals surface area contributed by atoms with E-state index in [1.165, 1.54) is 12.3 Å². The third-order valence-corrected chi connectivity index (χ3v) is 3.01. The van der Waals surface area contributed by atoms with Crippen LogP contribution in [0.2, 0.25) is 10.0 Å². The van der Waals surface area contributed by atoms with E-state index in [1.807, 2.05) is 6.07 Å². The van der Waals surface area contributed by atoms with Crippen molar-refractivity contribution in [2.24, 2.45) is 0 Å². The van der Waals surface area contributed by atoms with Crippen molar-refractivity contribution in [2.75, 3.05) is 0 Å². The molecule has 0 fully saturated rings. The molecule has 0 atom stereocenters. The van der Waals surface area contributed by atoms with Gasteiger partial charge in [-0.2, -0.15) is 9.65 Å². The van der Waals surface area contributed by atoms with Crippen molar-refractivity contribution in [1.29, 1.82) is 5.26 Å². The topological polar surface area (TPSA) is 36.7 Å². The van der Waals surface area contributed by atoms with Crippen molar-refractivity contribution in [3.63, 3.8) is 0 Å². The molecule has 0 amide bonds. The number of hydrogen-bond acceptors (Lipinski definition) is 2. The number of pyridine rings is 1. The minimum Gasteiger partial charge on any atom is -0.228 e. The quantitative estimate of drug-likeness (QED) is 0.771. The molecule has 0 saturated heterocycles. The van der Waals surface area contributed by atoms with Crippen LogP contribution in [0.3, 0.4) is 0 Å². The third kappa shape index (κ3) is 2.45. The first kappa shape index (κ1) is 12.8. The lowest BCUT2D eigenvalue weighted by molar-refractivity contribution is 0.586. The predicted octanol–water partition coefficient (Wildman–Crippen LogP) is 4.26. The lowest BCUT2D eigenvalue weighted by Crippen LogP contribution is -1.96. The predicted molar refractivity (Wildman–Crippen MR) is 69.0 cm³/mol. The fourth-order valence-electron chi connectivity index (χ4n) is 1.68. The number of rotatable bonds is 2. The van der Waals surface area contributed by atoms with Gasteiger partial charge in [-0.25, -0.2) is 4.98 Å². The Morgan fingerprint density at radius 3 is 2.72 bits per heavy atom. The van der Waals surface area contributed by atoms with Crippen LogP contribution in [0, 0.1) is 17.3 Å². The fourth-order valence-corrected chi connectivity index (χ4v) is 2.18. The molecule has 0 spiro atoms. The van der Waals surface area contributed by atoms with Crippen LogP contribution < -0.4 is 0 Å². The largest absolute Gasteiger partial charge is 0.228 e. The van der Waals surface area contributed by atoms with Crippen molar-refractivity contribution in [3.05, 3.63) is 52.0 Å². The minimum atomic E-state index is -0.646. The van der Waals surface area contributed by atoms with Crippen molar-refractivity contribution in [2.45, 2.75) is 6.42 Å². The second kappa shape index (κ2) is 5.34. The van der Waals surface area contributed by atoms with Gasteiger partial charge in [0, 0.05) is 22.3 Å². The first-order valence-corrected chi connectivity index (χ1v) is 5.85. The van der Waals surface area contributed by atoms with Crippen LogP contribution in [-0.2, 0) is 6.42 Å². The Morgan fingerprint density at radius 2 is 2.06 bits per heavy atom. The molecule has 0 aliphatic heterocycles. The van der Waals surface area contributed by atoms with Gasteiger partial charge in [0.1, 0.15) is 0 Å². The molecule has 1 heterocycles. The van der Waals surface area contributed by atoms with Crippen LogP contribution in [-0.4, -0.2) is 4.98 Å². The highest BCUT2D eigenvalue weighted by atomic mass is 35.5. The summed E-state index contributed by atoms with van der Waals surface area (Å²) >= 11 is 11.8. The van der Waals surface area contributed by atoms with Gasteiger partial charge in [0.2, 0.25) is 5.95 Å². The maximum atomic E-state index is 13.8. The molecule has 5 heteroatoms. The minimum absolute atomic E-state index is 0.0910. The van der Waals surface area contributed by atoms with Crippen LogP contribution in [0.1, 0.15) is 5.56 Å². The molecular formula is C13H7Cl2FN2. The van der Waals surface area contributed by atoms with E-state index in [4.69, 9.17) is 28.5 Å². The van der Waals surface area contributed by atoms with Gasteiger partial charge in [0.25, 0.3) is 0 Å². The molecule has 18 heavy (non-hydrogen) atoms.